The van der Waals surface area contributed by atoms with Crippen molar-refractivity contribution in [3.05, 3.63) is 54.1 Å². The Labute approximate surface area is 197 Å². The lowest BCUT2D eigenvalue weighted by Crippen LogP contribution is -2.37. The summed E-state index contributed by atoms with van der Waals surface area (Å²) in [5.74, 6) is 1.09. The van der Waals surface area contributed by atoms with Gasteiger partial charge in [0.25, 0.3) is 0 Å². The summed E-state index contributed by atoms with van der Waals surface area (Å²) in [4.78, 5) is 19.5. The van der Waals surface area contributed by atoms with Crippen LogP contribution in [-0.2, 0) is 4.79 Å². The van der Waals surface area contributed by atoms with Gasteiger partial charge in [-0.3, -0.25) is 9.69 Å². The van der Waals surface area contributed by atoms with Gasteiger partial charge in [-0.2, -0.15) is 4.98 Å². The molecule has 7 nitrogen and oxygen atoms in total. The largest absolute Gasteiger partial charge is 0.490 e. The molecule has 0 bridgehead atoms. The highest BCUT2D eigenvalue weighted by atomic mass is 32.2. The van der Waals surface area contributed by atoms with E-state index in [9.17, 15) is 4.79 Å². The van der Waals surface area contributed by atoms with Crippen molar-refractivity contribution in [2.24, 2.45) is 0 Å². The van der Waals surface area contributed by atoms with Crippen molar-refractivity contribution in [3.63, 3.8) is 0 Å². The van der Waals surface area contributed by atoms with E-state index in [0.717, 1.165) is 35.4 Å². The Hall–Kier alpha value is -3.13. The Kier molecular flexibility index (Phi) is 6.17. The number of hydrogen-bond acceptors (Lipinski definition) is 7. The first-order valence-electron chi connectivity index (χ1n) is 11.3. The second-order valence-corrected chi connectivity index (χ2v) is 8.93. The normalized spacial score (nSPS) is 17.6. The van der Waals surface area contributed by atoms with Crippen LogP contribution in [0.1, 0.15) is 50.8 Å². The van der Waals surface area contributed by atoms with Crippen LogP contribution in [-0.4, -0.2) is 33.4 Å². The number of anilines is 1. The lowest BCUT2D eigenvalue weighted by molar-refractivity contribution is -0.120. The maximum Gasteiger partial charge on any atom is 0.247 e. The summed E-state index contributed by atoms with van der Waals surface area (Å²) >= 11 is 1.39. The molecule has 2 aromatic carbocycles. The van der Waals surface area contributed by atoms with Crippen molar-refractivity contribution in [3.8, 4) is 22.9 Å². The van der Waals surface area contributed by atoms with Crippen molar-refractivity contribution < 1.29 is 14.3 Å². The van der Waals surface area contributed by atoms with Crippen molar-refractivity contribution >= 4 is 23.4 Å². The fourth-order valence-corrected chi connectivity index (χ4v) is 4.69. The van der Waals surface area contributed by atoms with Crippen LogP contribution in [0, 0.1) is 0 Å². The van der Waals surface area contributed by atoms with Crippen molar-refractivity contribution in [1.82, 2.24) is 15.2 Å². The molecule has 170 valence electrons. The highest BCUT2D eigenvalue weighted by molar-refractivity contribution is 7.98. The molecule has 2 aliphatic rings. The van der Waals surface area contributed by atoms with E-state index in [1.807, 2.05) is 61.7 Å². The topological polar surface area (TPSA) is 77.4 Å². The third-order valence-corrected chi connectivity index (χ3v) is 6.55. The fraction of sp³-hybridized carbons (Fsp3) is 0.360. The molecule has 3 aromatic rings. The molecule has 1 aliphatic heterocycles. The van der Waals surface area contributed by atoms with Gasteiger partial charge in [0.15, 0.2) is 5.69 Å². The molecule has 0 spiro atoms. The maximum absolute atomic E-state index is 13.3. The number of para-hydroxylation sites is 1. The van der Waals surface area contributed by atoms with Crippen LogP contribution >= 0.6 is 11.8 Å². The van der Waals surface area contributed by atoms with Crippen molar-refractivity contribution in [2.75, 3.05) is 11.2 Å². The minimum atomic E-state index is -0.710. The van der Waals surface area contributed by atoms with E-state index in [2.05, 4.69) is 15.2 Å². The lowest BCUT2D eigenvalue weighted by Gasteiger charge is -2.31. The van der Waals surface area contributed by atoms with Gasteiger partial charge in [0.2, 0.25) is 23.2 Å². The number of thioether (sulfide) groups is 1. The smallest absolute Gasteiger partial charge is 0.247 e. The van der Waals surface area contributed by atoms with E-state index in [-0.39, 0.29) is 12.0 Å². The van der Waals surface area contributed by atoms with Crippen LogP contribution in [0.3, 0.4) is 0 Å². The minimum absolute atomic E-state index is 0.0552. The lowest BCUT2D eigenvalue weighted by atomic mass is 10.1. The molecule has 2 heterocycles. The van der Waals surface area contributed by atoms with Gasteiger partial charge >= 0.3 is 0 Å². The molecule has 0 radical (unpaired) electrons. The fourth-order valence-electron chi connectivity index (χ4n) is 4.40. The zero-order chi connectivity index (χ0) is 22.8. The molecule has 1 fully saturated rings. The third-order valence-electron chi connectivity index (χ3n) is 6.01. The number of amides is 1. The van der Waals surface area contributed by atoms with E-state index < -0.39 is 6.23 Å². The Bertz CT molecular complexity index is 1170. The highest BCUT2D eigenvalue weighted by Gasteiger charge is 2.35. The minimum Gasteiger partial charge on any atom is -0.490 e. The summed E-state index contributed by atoms with van der Waals surface area (Å²) in [6.07, 6.45) is 6.31. The van der Waals surface area contributed by atoms with Crippen LogP contribution in [0.25, 0.3) is 11.3 Å². The molecule has 1 aromatic heterocycles. The molecule has 1 atom stereocenters. The third kappa shape index (κ3) is 4.27. The molecular formula is C25H26N4O3S. The van der Waals surface area contributed by atoms with Gasteiger partial charge in [0, 0.05) is 17.5 Å². The summed E-state index contributed by atoms with van der Waals surface area (Å²) in [7, 11) is 0. The summed E-state index contributed by atoms with van der Waals surface area (Å²) < 4.78 is 12.7. The van der Waals surface area contributed by atoms with E-state index >= 15 is 0 Å². The molecule has 1 unspecified atom stereocenters. The molecule has 1 amide bonds. The monoisotopic (exact) mass is 462 g/mol. The number of rotatable bonds is 5. The summed E-state index contributed by atoms with van der Waals surface area (Å²) in [5, 5.41) is 9.13. The predicted octanol–water partition coefficient (Wildman–Crippen LogP) is 5.42. The molecule has 1 saturated carbocycles. The zero-order valence-corrected chi connectivity index (χ0v) is 19.5. The summed E-state index contributed by atoms with van der Waals surface area (Å²) in [6, 6.07) is 15.5. The van der Waals surface area contributed by atoms with E-state index in [1.165, 1.54) is 24.6 Å². The number of hydrogen-bond donors (Lipinski definition) is 0. The van der Waals surface area contributed by atoms with E-state index in [0.29, 0.717) is 23.2 Å². The zero-order valence-electron chi connectivity index (χ0n) is 18.7. The van der Waals surface area contributed by atoms with Gasteiger partial charge in [-0.05, 0) is 50.1 Å². The number of carbonyl (C=O) groups excluding carboxylic acids is 1. The Morgan fingerprint density at radius 2 is 1.97 bits per heavy atom. The molecule has 5 rings (SSSR count). The summed E-state index contributed by atoms with van der Waals surface area (Å²) in [6.45, 7) is 1.85. The Morgan fingerprint density at radius 3 is 2.76 bits per heavy atom. The Morgan fingerprint density at radius 1 is 1.15 bits per heavy atom. The number of carbonyl (C=O) groups is 1. The molecule has 1 aliphatic carbocycles. The second kappa shape index (κ2) is 9.39. The van der Waals surface area contributed by atoms with Crippen LogP contribution in [0.5, 0.6) is 11.6 Å². The highest BCUT2D eigenvalue weighted by Crippen LogP contribution is 2.44. The molecule has 8 heteroatoms. The molecule has 33 heavy (non-hydrogen) atoms. The number of nitrogens with zero attached hydrogens (tertiary/aromatic N) is 4. The van der Waals surface area contributed by atoms with Gasteiger partial charge in [-0.1, -0.05) is 49.0 Å². The van der Waals surface area contributed by atoms with E-state index in [1.54, 1.807) is 4.90 Å². The number of aromatic nitrogens is 3. The maximum atomic E-state index is 13.3. The summed E-state index contributed by atoms with van der Waals surface area (Å²) in [5.41, 5.74) is 2.84. The number of fused-ring (bicyclic) bond motifs is 3. The van der Waals surface area contributed by atoms with E-state index in [4.69, 9.17) is 9.47 Å². The average molecular weight is 463 g/mol. The van der Waals surface area contributed by atoms with Gasteiger partial charge < -0.3 is 9.47 Å². The van der Waals surface area contributed by atoms with Crippen LogP contribution < -0.4 is 14.4 Å². The first-order chi connectivity index (χ1) is 16.2. The van der Waals surface area contributed by atoms with Gasteiger partial charge in [0.05, 0.1) is 11.8 Å². The first-order valence-corrected chi connectivity index (χ1v) is 12.5. The van der Waals surface area contributed by atoms with Gasteiger partial charge in [-0.15, -0.1) is 10.2 Å². The van der Waals surface area contributed by atoms with Gasteiger partial charge in [-0.25, -0.2) is 0 Å². The van der Waals surface area contributed by atoms with Crippen LogP contribution in [0.4, 0.5) is 5.69 Å². The van der Waals surface area contributed by atoms with Crippen LogP contribution in [0.15, 0.2) is 53.7 Å². The number of benzene rings is 2. The van der Waals surface area contributed by atoms with Gasteiger partial charge in [0.1, 0.15) is 5.75 Å². The molecular weight excluding hydrogens is 436 g/mol. The average Bonchev–Trinajstić information content (AvgIpc) is 3.31. The van der Waals surface area contributed by atoms with Crippen molar-refractivity contribution in [2.45, 2.75) is 56.5 Å². The quantitative estimate of drug-likeness (QED) is 0.469. The number of ether oxygens (including phenoxy) is 2. The van der Waals surface area contributed by atoms with Crippen molar-refractivity contribution in [1.29, 1.82) is 0 Å². The molecule has 0 saturated heterocycles. The standard InChI is InChI=1S/C25H26N4O3S/c1-3-21(30)29-20-14-7-6-13-19(20)22-23(26-25(33-2)28-27-22)32-24(29)16-9-8-12-18(15-16)31-17-10-4-5-11-17/h6-9,12-15,17,24H,3-5,10-11H2,1-2H3. The SMILES string of the molecule is CCC(=O)N1c2ccccc2-c2nnc(SC)nc2OC1c1cccc(OC2CCCC2)c1. The molecule has 0 N–H and O–H groups in total. The predicted molar refractivity (Wildman–Crippen MR) is 128 cm³/mol. The second-order valence-electron chi connectivity index (χ2n) is 8.15. The Balaban J connectivity index is 1.63. The first kappa shape index (κ1) is 21.7. The van der Waals surface area contributed by atoms with Crippen LogP contribution in [0.2, 0.25) is 0 Å².